The van der Waals surface area contributed by atoms with Crippen molar-refractivity contribution in [2.75, 3.05) is 16.8 Å². The molecule has 0 heterocycles. The third-order valence-electron chi connectivity index (χ3n) is 3.39. The van der Waals surface area contributed by atoms with Gasteiger partial charge in [-0.1, -0.05) is 35.3 Å². The average Bonchev–Trinajstić information content (AvgIpc) is 2.55. The van der Waals surface area contributed by atoms with Crippen LogP contribution in [0.25, 0.3) is 0 Å². The van der Waals surface area contributed by atoms with E-state index in [0.29, 0.717) is 5.69 Å². The number of nitrogens with one attached hydrogen (secondary N) is 1. The maximum atomic E-state index is 13.5. The molecule has 0 radical (unpaired) electrons. The second-order valence-electron chi connectivity index (χ2n) is 5.14. The molecule has 0 bridgehead atoms. The molecule has 8 heteroatoms. The molecule has 0 aliphatic rings. The van der Waals surface area contributed by atoms with Gasteiger partial charge in [-0.2, -0.15) is 0 Å². The molecule has 25 heavy (non-hydrogen) atoms. The fourth-order valence-electron chi connectivity index (χ4n) is 2.18. The first kappa shape index (κ1) is 19.1. The SMILES string of the molecule is CC(=O)N(CCC(=O)Nc1c(F)cccc1F)c1cccc(Cl)c1Cl. The van der Waals surface area contributed by atoms with E-state index in [1.54, 1.807) is 18.2 Å². The van der Waals surface area contributed by atoms with Crippen molar-refractivity contribution in [2.24, 2.45) is 0 Å². The van der Waals surface area contributed by atoms with Crippen LogP contribution in [0.3, 0.4) is 0 Å². The van der Waals surface area contributed by atoms with E-state index in [-0.39, 0.29) is 28.9 Å². The zero-order chi connectivity index (χ0) is 18.6. The molecule has 0 aliphatic heterocycles. The molecule has 1 N–H and O–H groups in total. The minimum atomic E-state index is -0.880. The van der Waals surface area contributed by atoms with Crippen LogP contribution in [0.1, 0.15) is 13.3 Å². The van der Waals surface area contributed by atoms with Crippen LogP contribution in [0.2, 0.25) is 10.0 Å². The highest BCUT2D eigenvalue weighted by atomic mass is 35.5. The van der Waals surface area contributed by atoms with Crippen molar-refractivity contribution in [2.45, 2.75) is 13.3 Å². The van der Waals surface area contributed by atoms with Gasteiger partial charge < -0.3 is 10.2 Å². The maximum Gasteiger partial charge on any atom is 0.226 e. The Morgan fingerprint density at radius 1 is 1.08 bits per heavy atom. The Hall–Kier alpha value is -2.18. The third kappa shape index (κ3) is 4.67. The second kappa shape index (κ2) is 8.27. The predicted molar refractivity (Wildman–Crippen MR) is 94.1 cm³/mol. The number of para-hydroxylation sites is 1. The Labute approximate surface area is 153 Å². The van der Waals surface area contributed by atoms with E-state index in [2.05, 4.69) is 5.32 Å². The number of carbonyl (C=O) groups is 2. The molecule has 0 aromatic heterocycles. The summed E-state index contributed by atoms with van der Waals surface area (Å²) in [5.41, 5.74) is -0.172. The van der Waals surface area contributed by atoms with Gasteiger partial charge in [0.1, 0.15) is 17.3 Å². The summed E-state index contributed by atoms with van der Waals surface area (Å²) in [6.45, 7) is 1.28. The molecular formula is C17H14Cl2F2N2O2. The monoisotopic (exact) mass is 386 g/mol. The lowest BCUT2D eigenvalue weighted by Gasteiger charge is -2.22. The van der Waals surface area contributed by atoms with Crippen molar-refractivity contribution < 1.29 is 18.4 Å². The Balaban J connectivity index is 2.10. The molecule has 2 rings (SSSR count). The van der Waals surface area contributed by atoms with Crippen molar-refractivity contribution in [3.05, 3.63) is 58.1 Å². The van der Waals surface area contributed by atoms with Crippen molar-refractivity contribution in [1.82, 2.24) is 0 Å². The number of nitrogens with zero attached hydrogens (tertiary/aromatic N) is 1. The first-order valence-corrected chi connectivity index (χ1v) is 8.03. The van der Waals surface area contributed by atoms with Gasteiger partial charge >= 0.3 is 0 Å². The smallest absolute Gasteiger partial charge is 0.226 e. The van der Waals surface area contributed by atoms with Gasteiger partial charge in [0, 0.05) is 19.9 Å². The zero-order valence-electron chi connectivity index (χ0n) is 13.2. The van der Waals surface area contributed by atoms with E-state index in [0.717, 1.165) is 12.1 Å². The standard InChI is InChI=1S/C17H14Cl2F2N2O2/c1-10(24)23(14-7-2-4-11(18)16(14)19)9-8-15(25)22-17-12(20)5-3-6-13(17)21/h2-7H,8-9H2,1H3,(H,22,25). The van der Waals surface area contributed by atoms with Gasteiger partial charge in [-0.15, -0.1) is 0 Å². The minimum absolute atomic E-state index is 0.0305. The minimum Gasteiger partial charge on any atom is -0.321 e. The van der Waals surface area contributed by atoms with Gasteiger partial charge in [0.2, 0.25) is 11.8 Å². The molecule has 0 saturated heterocycles. The highest BCUT2D eigenvalue weighted by Crippen LogP contribution is 2.32. The summed E-state index contributed by atoms with van der Waals surface area (Å²) in [6, 6.07) is 8.04. The fourth-order valence-corrected chi connectivity index (χ4v) is 2.58. The molecule has 0 unspecified atom stereocenters. The number of amides is 2. The Morgan fingerprint density at radius 3 is 2.28 bits per heavy atom. The largest absolute Gasteiger partial charge is 0.321 e. The van der Waals surface area contributed by atoms with E-state index in [1.807, 2.05) is 0 Å². The summed E-state index contributed by atoms with van der Waals surface area (Å²) in [5.74, 6) is -2.76. The van der Waals surface area contributed by atoms with Crippen LogP contribution in [0.5, 0.6) is 0 Å². The molecule has 2 amide bonds. The highest BCUT2D eigenvalue weighted by Gasteiger charge is 2.18. The number of hydrogen-bond acceptors (Lipinski definition) is 2. The lowest BCUT2D eigenvalue weighted by atomic mass is 10.2. The number of halogens is 4. The first-order valence-electron chi connectivity index (χ1n) is 7.27. The van der Waals surface area contributed by atoms with Gasteiger partial charge in [-0.3, -0.25) is 9.59 Å². The number of hydrogen-bond donors (Lipinski definition) is 1. The van der Waals surface area contributed by atoms with E-state index in [1.165, 1.54) is 17.9 Å². The lowest BCUT2D eigenvalue weighted by Crippen LogP contribution is -2.32. The predicted octanol–water partition coefficient (Wildman–Crippen LogP) is 4.65. The number of anilines is 2. The molecule has 4 nitrogen and oxygen atoms in total. The topological polar surface area (TPSA) is 49.4 Å². The van der Waals surface area contributed by atoms with Crippen LogP contribution in [-0.4, -0.2) is 18.4 Å². The van der Waals surface area contributed by atoms with Crippen LogP contribution < -0.4 is 10.2 Å². The van der Waals surface area contributed by atoms with E-state index in [4.69, 9.17) is 23.2 Å². The van der Waals surface area contributed by atoms with Gasteiger partial charge in [0.05, 0.1) is 15.7 Å². The maximum absolute atomic E-state index is 13.5. The molecule has 2 aromatic rings. The summed E-state index contributed by atoms with van der Waals surface area (Å²) in [7, 11) is 0. The van der Waals surface area contributed by atoms with E-state index >= 15 is 0 Å². The summed E-state index contributed by atoms with van der Waals surface area (Å²) >= 11 is 12.0. The van der Waals surface area contributed by atoms with Crippen molar-refractivity contribution in [3.8, 4) is 0 Å². The molecule has 0 aliphatic carbocycles. The number of benzene rings is 2. The van der Waals surface area contributed by atoms with Crippen molar-refractivity contribution in [1.29, 1.82) is 0 Å². The van der Waals surface area contributed by atoms with Gasteiger partial charge in [0.25, 0.3) is 0 Å². The van der Waals surface area contributed by atoms with Gasteiger partial charge in [-0.05, 0) is 24.3 Å². The normalized spacial score (nSPS) is 10.4. The summed E-state index contributed by atoms with van der Waals surface area (Å²) < 4.78 is 27.1. The molecule has 0 spiro atoms. The fraction of sp³-hybridized carbons (Fsp3) is 0.176. The molecule has 132 valence electrons. The average molecular weight is 387 g/mol. The molecule has 2 aromatic carbocycles. The molecule has 0 atom stereocenters. The first-order chi connectivity index (χ1) is 11.8. The van der Waals surface area contributed by atoms with E-state index in [9.17, 15) is 18.4 Å². The van der Waals surface area contributed by atoms with Gasteiger partial charge in [0.15, 0.2) is 0 Å². The number of rotatable bonds is 5. The number of carbonyl (C=O) groups excluding carboxylic acids is 2. The quantitative estimate of drug-likeness (QED) is 0.812. The summed E-state index contributed by atoms with van der Waals surface area (Å²) in [6.07, 6.45) is -0.184. The molecular weight excluding hydrogens is 373 g/mol. The van der Waals surface area contributed by atoms with Crippen molar-refractivity contribution in [3.63, 3.8) is 0 Å². The molecule has 0 saturated carbocycles. The summed E-state index contributed by atoms with van der Waals surface area (Å²) in [4.78, 5) is 25.1. The zero-order valence-corrected chi connectivity index (χ0v) is 14.7. The van der Waals surface area contributed by atoms with Crippen LogP contribution in [0, 0.1) is 11.6 Å². The third-order valence-corrected chi connectivity index (χ3v) is 4.20. The summed E-state index contributed by atoms with van der Waals surface area (Å²) in [5, 5.41) is 2.61. The Kier molecular flexibility index (Phi) is 6.33. The van der Waals surface area contributed by atoms with Gasteiger partial charge in [-0.25, -0.2) is 8.78 Å². The van der Waals surface area contributed by atoms with E-state index < -0.39 is 23.2 Å². The molecule has 0 fully saturated rings. The highest BCUT2D eigenvalue weighted by molar-refractivity contribution is 6.44. The lowest BCUT2D eigenvalue weighted by molar-refractivity contribution is -0.117. The Bertz CT molecular complexity index is 795. The van der Waals surface area contributed by atoms with Crippen LogP contribution >= 0.6 is 23.2 Å². The second-order valence-corrected chi connectivity index (χ2v) is 5.92. The van der Waals surface area contributed by atoms with Crippen LogP contribution in [-0.2, 0) is 9.59 Å². The Morgan fingerprint density at radius 2 is 1.68 bits per heavy atom. The van der Waals surface area contributed by atoms with Crippen LogP contribution in [0.15, 0.2) is 36.4 Å². The van der Waals surface area contributed by atoms with Crippen LogP contribution in [0.4, 0.5) is 20.2 Å². The van der Waals surface area contributed by atoms with Crippen molar-refractivity contribution >= 4 is 46.4 Å².